The summed E-state index contributed by atoms with van der Waals surface area (Å²) >= 11 is 0. The zero-order valence-corrected chi connectivity index (χ0v) is 26.0. The molecule has 0 aromatic carbocycles. The molecular weight excluding hydrogens is 562 g/mol. The van der Waals surface area contributed by atoms with Crippen molar-refractivity contribution in [2.45, 2.75) is 116 Å². The summed E-state index contributed by atoms with van der Waals surface area (Å²) in [6, 6.07) is -6.13. The van der Waals surface area contributed by atoms with Gasteiger partial charge in [-0.1, -0.05) is 27.7 Å². The number of carbonyl (C=O) groups is 7. The van der Waals surface area contributed by atoms with Gasteiger partial charge < -0.3 is 42.7 Å². The molecule has 0 radical (unpaired) electrons. The van der Waals surface area contributed by atoms with Crippen LogP contribution in [-0.2, 0) is 33.6 Å². The Morgan fingerprint density at radius 2 is 1.33 bits per heavy atom. The van der Waals surface area contributed by atoms with E-state index in [1.54, 1.807) is 0 Å². The Kier molecular flexibility index (Phi) is 15.1. The van der Waals surface area contributed by atoms with Crippen LogP contribution in [0.25, 0.3) is 0 Å². The number of carbonyl (C=O) groups excluding carboxylic acids is 6. The largest absolute Gasteiger partial charge is 0.480 e. The Morgan fingerprint density at radius 3 is 1.84 bits per heavy atom. The van der Waals surface area contributed by atoms with Gasteiger partial charge in [0.15, 0.2) is 0 Å². The molecule has 1 fully saturated rings. The van der Waals surface area contributed by atoms with Crippen LogP contribution in [0.1, 0.15) is 80.1 Å². The van der Waals surface area contributed by atoms with Gasteiger partial charge >= 0.3 is 5.97 Å². The van der Waals surface area contributed by atoms with Gasteiger partial charge in [-0.3, -0.25) is 28.8 Å². The lowest BCUT2D eigenvalue weighted by Gasteiger charge is -2.30. The van der Waals surface area contributed by atoms with Crippen molar-refractivity contribution in [2.75, 3.05) is 6.54 Å². The normalized spacial score (nSPS) is 18.3. The van der Waals surface area contributed by atoms with Crippen LogP contribution >= 0.6 is 0 Å². The summed E-state index contributed by atoms with van der Waals surface area (Å²) in [6.45, 7) is 10.7. The predicted octanol–water partition coefficient (Wildman–Crippen LogP) is -1.27. The smallest absolute Gasteiger partial charge is 0.326 e. The van der Waals surface area contributed by atoms with E-state index in [0.29, 0.717) is 25.8 Å². The molecule has 15 heteroatoms. The molecule has 0 aromatic heterocycles. The van der Waals surface area contributed by atoms with Gasteiger partial charge in [0.2, 0.25) is 35.4 Å². The summed E-state index contributed by atoms with van der Waals surface area (Å²) in [6.07, 6.45) is 0.980. The number of carboxylic acid groups (broad SMARTS) is 1. The minimum absolute atomic E-state index is 0.0607. The monoisotopic (exact) mass is 611 g/mol. The van der Waals surface area contributed by atoms with Crippen molar-refractivity contribution in [3.63, 3.8) is 0 Å². The van der Waals surface area contributed by atoms with Crippen LogP contribution in [0.4, 0.5) is 0 Å². The molecule has 0 saturated carbocycles. The highest BCUT2D eigenvalue weighted by molar-refractivity contribution is 5.96. The Bertz CT molecular complexity index is 1030. The molecule has 43 heavy (non-hydrogen) atoms. The van der Waals surface area contributed by atoms with Gasteiger partial charge in [-0.05, 0) is 57.8 Å². The minimum Gasteiger partial charge on any atom is -0.480 e. The maximum atomic E-state index is 13.4. The highest BCUT2D eigenvalue weighted by atomic mass is 16.4. The molecule has 0 bridgehead atoms. The maximum Gasteiger partial charge on any atom is 0.326 e. The van der Waals surface area contributed by atoms with Crippen LogP contribution in [-0.4, -0.2) is 94.2 Å². The lowest BCUT2D eigenvalue weighted by Crippen LogP contribution is -2.58. The van der Waals surface area contributed by atoms with Gasteiger partial charge in [-0.2, -0.15) is 0 Å². The number of nitrogens with two attached hydrogens (primary N) is 2. The fourth-order valence-electron chi connectivity index (χ4n) is 4.69. The first-order valence-electron chi connectivity index (χ1n) is 14.7. The van der Waals surface area contributed by atoms with E-state index in [1.165, 1.54) is 18.7 Å². The van der Waals surface area contributed by atoms with Gasteiger partial charge in [0.25, 0.3) is 0 Å². The third-order valence-corrected chi connectivity index (χ3v) is 6.96. The number of nitrogens with zero attached hydrogens (tertiary/aromatic N) is 1. The van der Waals surface area contributed by atoms with E-state index < -0.39 is 77.7 Å². The molecule has 0 aromatic rings. The van der Waals surface area contributed by atoms with E-state index in [9.17, 15) is 38.7 Å². The standard InChI is InChI=1S/C28H49N7O8/c1-14(2)12-19(25(39)32-18(28(42)43)9-10-22(30)36)33-24(38)17(6)31-26(40)21-8-7-11-35(21)27(41)20(13-15(3)4)34-23(37)16(5)29/h14-21H,7-13,29H2,1-6H3,(H2,30,36)(H,31,40)(H,32,39)(H,33,38)(H,34,37)(H,42,43)/t16-,17-,18-,19-,20-,21-/m0/s1. The third-order valence-electron chi connectivity index (χ3n) is 6.96. The topological polar surface area (TPSA) is 243 Å². The average Bonchev–Trinajstić information content (AvgIpc) is 3.38. The molecule has 1 rings (SSSR count). The fourth-order valence-corrected chi connectivity index (χ4v) is 4.69. The van der Waals surface area contributed by atoms with Gasteiger partial charge in [-0.15, -0.1) is 0 Å². The molecule has 1 aliphatic rings. The summed E-state index contributed by atoms with van der Waals surface area (Å²) < 4.78 is 0. The van der Waals surface area contributed by atoms with Crippen LogP contribution in [0.15, 0.2) is 0 Å². The first kappa shape index (κ1) is 37.3. The number of nitrogens with one attached hydrogen (secondary N) is 4. The van der Waals surface area contributed by atoms with Crippen molar-refractivity contribution in [3.8, 4) is 0 Å². The van der Waals surface area contributed by atoms with E-state index in [1.807, 2.05) is 27.7 Å². The van der Waals surface area contributed by atoms with Crippen LogP contribution in [0.2, 0.25) is 0 Å². The lowest BCUT2D eigenvalue weighted by molar-refractivity contribution is -0.143. The molecule has 1 aliphatic heterocycles. The number of hydrogen-bond donors (Lipinski definition) is 7. The van der Waals surface area contributed by atoms with E-state index in [0.717, 1.165) is 0 Å². The molecular formula is C28H49N7O8. The van der Waals surface area contributed by atoms with Crippen molar-refractivity contribution in [3.05, 3.63) is 0 Å². The van der Waals surface area contributed by atoms with Crippen LogP contribution < -0.4 is 32.7 Å². The predicted molar refractivity (Wildman–Crippen MR) is 157 cm³/mol. The molecule has 6 atom stereocenters. The Labute approximate surface area is 252 Å². The number of rotatable bonds is 17. The molecule has 0 spiro atoms. The van der Waals surface area contributed by atoms with Crippen LogP contribution in [0, 0.1) is 11.8 Å². The second kappa shape index (κ2) is 17.4. The fraction of sp³-hybridized carbons (Fsp3) is 0.750. The number of carboxylic acids is 1. The molecule has 6 amide bonds. The van der Waals surface area contributed by atoms with Crippen LogP contribution in [0.5, 0.6) is 0 Å². The summed E-state index contributed by atoms with van der Waals surface area (Å²) in [7, 11) is 0. The molecule has 1 heterocycles. The molecule has 244 valence electrons. The minimum atomic E-state index is -1.38. The van der Waals surface area contributed by atoms with E-state index in [-0.39, 0.29) is 31.1 Å². The zero-order valence-electron chi connectivity index (χ0n) is 26.0. The van der Waals surface area contributed by atoms with Crippen molar-refractivity contribution >= 4 is 41.4 Å². The molecule has 0 aliphatic carbocycles. The summed E-state index contributed by atoms with van der Waals surface area (Å²) in [4.78, 5) is 88.9. The van der Waals surface area contributed by atoms with E-state index in [4.69, 9.17) is 11.5 Å². The van der Waals surface area contributed by atoms with Gasteiger partial charge in [-0.25, -0.2) is 4.79 Å². The van der Waals surface area contributed by atoms with Crippen molar-refractivity contribution < 1.29 is 38.7 Å². The van der Waals surface area contributed by atoms with Crippen molar-refractivity contribution in [1.82, 2.24) is 26.2 Å². The van der Waals surface area contributed by atoms with Gasteiger partial charge in [0.05, 0.1) is 6.04 Å². The highest BCUT2D eigenvalue weighted by Gasteiger charge is 2.39. The van der Waals surface area contributed by atoms with Crippen LogP contribution in [0.3, 0.4) is 0 Å². The number of primary amides is 1. The quantitative estimate of drug-likeness (QED) is 0.103. The van der Waals surface area contributed by atoms with Gasteiger partial charge in [0.1, 0.15) is 30.2 Å². The zero-order chi connectivity index (χ0) is 33.0. The lowest BCUT2D eigenvalue weighted by atomic mass is 10.0. The second-order valence-corrected chi connectivity index (χ2v) is 12.0. The first-order chi connectivity index (χ1) is 19.9. The summed E-state index contributed by atoms with van der Waals surface area (Å²) in [5, 5.41) is 19.6. The molecule has 1 saturated heterocycles. The van der Waals surface area contributed by atoms with E-state index >= 15 is 0 Å². The average molecular weight is 612 g/mol. The number of aliphatic carboxylic acids is 1. The highest BCUT2D eigenvalue weighted by Crippen LogP contribution is 2.21. The Balaban J connectivity index is 2.95. The van der Waals surface area contributed by atoms with Gasteiger partial charge in [0, 0.05) is 13.0 Å². The van der Waals surface area contributed by atoms with Crippen molar-refractivity contribution in [2.24, 2.45) is 23.3 Å². The molecule has 15 nitrogen and oxygen atoms in total. The van der Waals surface area contributed by atoms with Crippen molar-refractivity contribution in [1.29, 1.82) is 0 Å². The second-order valence-electron chi connectivity index (χ2n) is 12.0. The third kappa shape index (κ3) is 12.6. The first-order valence-corrected chi connectivity index (χ1v) is 14.7. The maximum absolute atomic E-state index is 13.4. The summed E-state index contributed by atoms with van der Waals surface area (Å²) in [5.74, 6) is -4.94. The number of amides is 6. The number of hydrogen-bond acceptors (Lipinski definition) is 8. The molecule has 9 N–H and O–H groups in total. The number of likely N-dealkylation sites (tertiary alicyclic amines) is 1. The molecule has 0 unspecified atom stereocenters. The SMILES string of the molecule is CC(C)C[C@H](NC(=O)[C@H](C)NC(=O)[C@@H]1CCCN1C(=O)[C@H](CC(C)C)NC(=O)[C@H](C)N)C(=O)N[C@@H](CCC(N)=O)C(=O)O. The summed E-state index contributed by atoms with van der Waals surface area (Å²) in [5.41, 5.74) is 10.8. The van der Waals surface area contributed by atoms with E-state index in [2.05, 4.69) is 21.3 Å². The Morgan fingerprint density at radius 1 is 0.791 bits per heavy atom. The Hall–Kier alpha value is -3.75.